The van der Waals surface area contributed by atoms with Crippen molar-refractivity contribution in [3.8, 4) is 5.75 Å². The second-order valence-electron chi connectivity index (χ2n) is 5.71. The molecule has 0 unspecified atom stereocenters. The van der Waals surface area contributed by atoms with Gasteiger partial charge in [0.1, 0.15) is 5.75 Å². The van der Waals surface area contributed by atoms with Gasteiger partial charge in [-0.05, 0) is 43.2 Å². The van der Waals surface area contributed by atoms with Gasteiger partial charge in [0.25, 0.3) is 0 Å². The lowest BCUT2D eigenvalue weighted by atomic mass is 10.1. The molecule has 0 spiro atoms. The molecule has 0 bridgehead atoms. The number of alkyl halides is 3. The Morgan fingerprint density at radius 1 is 1.15 bits per heavy atom. The zero-order valence-corrected chi connectivity index (χ0v) is 15.0. The number of anilines is 2. The zero-order chi connectivity index (χ0) is 19.3. The van der Waals surface area contributed by atoms with Gasteiger partial charge in [-0.3, -0.25) is 4.79 Å². The van der Waals surface area contributed by atoms with Crippen LogP contribution in [-0.4, -0.2) is 25.2 Å². The molecule has 0 saturated heterocycles. The molecular weight excluding hydrogens is 369 g/mol. The van der Waals surface area contributed by atoms with E-state index < -0.39 is 12.8 Å². The molecule has 8 heteroatoms. The standard InChI is InChI=1S/C18H18ClF3N2O2/c1-11-4-3-5-12(2)17(11)24-16(25)9-23-14-8-13(19)6-7-15(14)26-10-18(20,21)22/h3-8,23H,9-10H2,1-2H3,(H,24,25). The van der Waals surface area contributed by atoms with Crippen LogP contribution in [0, 0.1) is 13.8 Å². The van der Waals surface area contributed by atoms with Gasteiger partial charge in [-0.2, -0.15) is 13.2 Å². The molecule has 0 atom stereocenters. The highest BCUT2D eigenvalue weighted by Crippen LogP contribution is 2.29. The van der Waals surface area contributed by atoms with Crippen molar-refractivity contribution in [2.75, 3.05) is 23.8 Å². The maximum atomic E-state index is 12.3. The fourth-order valence-electron chi connectivity index (χ4n) is 2.30. The topological polar surface area (TPSA) is 50.4 Å². The van der Waals surface area contributed by atoms with Crippen LogP contribution in [0.15, 0.2) is 36.4 Å². The Morgan fingerprint density at radius 2 is 1.81 bits per heavy atom. The van der Waals surface area contributed by atoms with Crippen LogP contribution < -0.4 is 15.4 Å². The first kappa shape index (κ1) is 19.9. The number of ether oxygens (including phenoxy) is 1. The fraction of sp³-hybridized carbons (Fsp3) is 0.278. The molecule has 0 aliphatic heterocycles. The summed E-state index contributed by atoms with van der Waals surface area (Å²) in [5, 5.41) is 5.85. The molecule has 0 aliphatic rings. The molecule has 140 valence electrons. The molecule has 2 N–H and O–H groups in total. The lowest BCUT2D eigenvalue weighted by Gasteiger charge is -2.16. The second kappa shape index (κ2) is 8.31. The minimum absolute atomic E-state index is 0.0356. The van der Waals surface area contributed by atoms with E-state index in [0.717, 1.165) is 11.1 Å². The molecule has 2 aromatic carbocycles. The Labute approximate surface area is 154 Å². The van der Waals surface area contributed by atoms with E-state index in [-0.39, 0.29) is 23.9 Å². The highest BCUT2D eigenvalue weighted by Gasteiger charge is 2.28. The van der Waals surface area contributed by atoms with Crippen LogP contribution in [0.4, 0.5) is 24.5 Å². The number of hydrogen-bond donors (Lipinski definition) is 2. The lowest BCUT2D eigenvalue weighted by molar-refractivity contribution is -0.153. The molecular formula is C18H18ClF3N2O2. The number of hydrogen-bond acceptors (Lipinski definition) is 3. The predicted molar refractivity (Wildman–Crippen MR) is 96.0 cm³/mol. The van der Waals surface area contributed by atoms with Gasteiger partial charge in [0.05, 0.1) is 12.2 Å². The van der Waals surface area contributed by atoms with E-state index in [0.29, 0.717) is 10.7 Å². The Morgan fingerprint density at radius 3 is 2.42 bits per heavy atom. The van der Waals surface area contributed by atoms with E-state index in [4.69, 9.17) is 16.3 Å². The zero-order valence-electron chi connectivity index (χ0n) is 14.2. The van der Waals surface area contributed by atoms with E-state index in [9.17, 15) is 18.0 Å². The van der Waals surface area contributed by atoms with Gasteiger partial charge in [0, 0.05) is 10.7 Å². The van der Waals surface area contributed by atoms with Crippen LogP contribution in [0.1, 0.15) is 11.1 Å². The summed E-state index contributed by atoms with van der Waals surface area (Å²) in [4.78, 5) is 12.2. The fourth-order valence-corrected chi connectivity index (χ4v) is 2.47. The molecule has 0 aliphatic carbocycles. The van der Waals surface area contributed by atoms with E-state index in [1.54, 1.807) is 0 Å². The number of carbonyl (C=O) groups is 1. The van der Waals surface area contributed by atoms with Crippen molar-refractivity contribution in [3.05, 3.63) is 52.5 Å². The minimum Gasteiger partial charge on any atom is -0.482 e. The summed E-state index contributed by atoms with van der Waals surface area (Å²) in [5.41, 5.74) is 2.74. The van der Waals surface area contributed by atoms with Crippen LogP contribution in [0.3, 0.4) is 0 Å². The number of halogens is 4. The molecule has 0 heterocycles. The Hall–Kier alpha value is -2.41. The second-order valence-corrected chi connectivity index (χ2v) is 6.15. The lowest BCUT2D eigenvalue weighted by Crippen LogP contribution is -2.23. The van der Waals surface area contributed by atoms with Gasteiger partial charge in [0.2, 0.25) is 5.91 Å². The predicted octanol–water partition coefficient (Wildman–Crippen LogP) is 4.95. The SMILES string of the molecule is Cc1cccc(C)c1NC(=O)CNc1cc(Cl)ccc1OCC(F)(F)F. The molecule has 4 nitrogen and oxygen atoms in total. The van der Waals surface area contributed by atoms with Crippen LogP contribution in [-0.2, 0) is 4.79 Å². The van der Waals surface area contributed by atoms with Crippen LogP contribution in [0.25, 0.3) is 0 Å². The molecule has 0 saturated carbocycles. The van der Waals surface area contributed by atoms with E-state index >= 15 is 0 Å². The van der Waals surface area contributed by atoms with Crippen molar-refractivity contribution in [2.45, 2.75) is 20.0 Å². The van der Waals surface area contributed by atoms with Crippen LogP contribution in [0.5, 0.6) is 5.75 Å². The van der Waals surface area contributed by atoms with Crippen LogP contribution in [0.2, 0.25) is 5.02 Å². The molecule has 2 rings (SSSR count). The first-order valence-electron chi connectivity index (χ1n) is 7.75. The smallest absolute Gasteiger partial charge is 0.422 e. The van der Waals surface area contributed by atoms with Gasteiger partial charge in [0.15, 0.2) is 6.61 Å². The summed E-state index contributed by atoms with van der Waals surface area (Å²) in [6.45, 7) is 2.15. The molecule has 0 radical (unpaired) electrons. The van der Waals surface area contributed by atoms with Crippen molar-refractivity contribution in [2.24, 2.45) is 0 Å². The van der Waals surface area contributed by atoms with Crippen molar-refractivity contribution < 1.29 is 22.7 Å². The number of amides is 1. The molecule has 0 fully saturated rings. The quantitative estimate of drug-likeness (QED) is 0.738. The Bertz CT molecular complexity index is 774. The maximum Gasteiger partial charge on any atom is 0.422 e. The Kier molecular flexibility index (Phi) is 6.37. The third kappa shape index (κ3) is 5.84. The molecule has 26 heavy (non-hydrogen) atoms. The van der Waals surface area contributed by atoms with E-state index in [1.807, 2.05) is 32.0 Å². The van der Waals surface area contributed by atoms with Crippen molar-refractivity contribution >= 4 is 28.9 Å². The number of benzene rings is 2. The van der Waals surface area contributed by atoms with Crippen molar-refractivity contribution in [1.82, 2.24) is 0 Å². The van der Waals surface area contributed by atoms with Gasteiger partial charge in [-0.15, -0.1) is 0 Å². The third-order valence-electron chi connectivity index (χ3n) is 3.52. The summed E-state index contributed by atoms with van der Waals surface area (Å²) in [7, 11) is 0. The van der Waals surface area contributed by atoms with E-state index in [1.165, 1.54) is 18.2 Å². The summed E-state index contributed by atoms with van der Waals surface area (Å²) < 4.78 is 41.8. The average molecular weight is 387 g/mol. The summed E-state index contributed by atoms with van der Waals surface area (Å²) in [5.74, 6) is -0.379. The monoisotopic (exact) mass is 386 g/mol. The number of nitrogens with one attached hydrogen (secondary N) is 2. The molecule has 0 aromatic heterocycles. The summed E-state index contributed by atoms with van der Waals surface area (Å²) in [6, 6.07) is 9.76. The van der Waals surface area contributed by atoms with E-state index in [2.05, 4.69) is 10.6 Å². The third-order valence-corrected chi connectivity index (χ3v) is 3.75. The van der Waals surface area contributed by atoms with Crippen LogP contribution >= 0.6 is 11.6 Å². The number of para-hydroxylation sites is 1. The number of rotatable bonds is 6. The van der Waals surface area contributed by atoms with Gasteiger partial charge < -0.3 is 15.4 Å². The summed E-state index contributed by atoms with van der Waals surface area (Å²) >= 11 is 5.88. The first-order valence-corrected chi connectivity index (χ1v) is 8.12. The van der Waals surface area contributed by atoms with Gasteiger partial charge in [-0.1, -0.05) is 29.8 Å². The normalized spacial score (nSPS) is 11.2. The number of carbonyl (C=O) groups excluding carboxylic acids is 1. The highest BCUT2D eigenvalue weighted by molar-refractivity contribution is 6.30. The molecule has 2 aromatic rings. The average Bonchev–Trinajstić information content (AvgIpc) is 2.54. The number of aryl methyl sites for hydroxylation is 2. The van der Waals surface area contributed by atoms with Gasteiger partial charge >= 0.3 is 6.18 Å². The summed E-state index contributed by atoms with van der Waals surface area (Å²) in [6.07, 6.45) is -4.46. The largest absolute Gasteiger partial charge is 0.482 e. The van der Waals surface area contributed by atoms with Gasteiger partial charge in [-0.25, -0.2) is 0 Å². The molecule has 1 amide bonds. The van der Waals surface area contributed by atoms with Crippen molar-refractivity contribution in [3.63, 3.8) is 0 Å². The first-order chi connectivity index (χ1) is 12.2. The highest BCUT2D eigenvalue weighted by atomic mass is 35.5. The maximum absolute atomic E-state index is 12.3. The minimum atomic E-state index is -4.46. The Balaban J connectivity index is 2.04. The van der Waals surface area contributed by atoms with Crippen molar-refractivity contribution in [1.29, 1.82) is 0 Å².